The number of nitrogens with one attached hydrogen (secondary N) is 9. The minimum Gasteiger partial charge on any atom is -0.497 e. The number of benzene rings is 4. The van der Waals surface area contributed by atoms with E-state index >= 15 is 28.0 Å². The van der Waals surface area contributed by atoms with E-state index < -0.39 is 137 Å². The number of unbranched alkanes of at least 4 members (excludes halogenated alkanes) is 1. The molecule has 8 atom stereocenters. The van der Waals surface area contributed by atoms with Crippen LogP contribution in [-0.4, -0.2) is 179 Å². The lowest BCUT2D eigenvalue weighted by Crippen LogP contribution is -2.62. The van der Waals surface area contributed by atoms with Crippen LogP contribution in [0.1, 0.15) is 112 Å². The molecule has 4 aromatic carbocycles. The largest absolute Gasteiger partial charge is 0.497 e. The zero-order chi connectivity index (χ0) is 73.0. The van der Waals surface area contributed by atoms with E-state index in [1.807, 2.05) is 18.2 Å². The number of aromatic amines is 1. The number of thioether (sulfide) groups is 2. The number of carbonyl (C=O) groups is 10. The molecule has 9 amide bonds. The number of carboxylic acid groups (broad SMARTS) is 1. The number of halogens is 2. The maximum Gasteiger partial charge on any atom is 0.305 e. The Hall–Kier alpha value is -9.48. The number of nitrogens with zero attached hydrogens (tertiary/aromatic N) is 3. The first-order valence-electron chi connectivity index (χ1n) is 34.3. The Bertz CT molecular complexity index is 4000. The number of aromatic nitrogens is 1. The van der Waals surface area contributed by atoms with Crippen molar-refractivity contribution in [3.05, 3.63) is 142 Å². The van der Waals surface area contributed by atoms with Crippen molar-refractivity contribution in [2.45, 2.75) is 157 Å². The summed E-state index contributed by atoms with van der Waals surface area (Å²) in [7, 11) is 1.49. The molecule has 12 N–H and O–H groups in total. The number of hydrogen-bond acceptors (Lipinski definition) is 16. The second-order valence-electron chi connectivity index (χ2n) is 26.4. The Labute approximate surface area is 598 Å². The van der Waals surface area contributed by atoms with Gasteiger partial charge in [0.25, 0.3) is 0 Å². The SMILES string of the molecule is COc1ccc(C[C@@H]2NC(=O)[C@H](CC3=NC=NC3)NC(=O)[C@H](CC(=O)O)NC(=O)[C@H](Cc3c[nH]c4ccc(F)cc34)NC(=O)[C@H](CC3=CCc4ccc(F)cc43)NC(=O)[C@@H](C(C)C)NC(=O)[C@H](CCCCN)NC(=O)CCSCc3cccc(c3)CSCCNC(=O)[C@]3(C)CCCN3C2=O)cc1. The van der Waals surface area contributed by atoms with Crippen molar-refractivity contribution in [3.63, 3.8) is 0 Å². The minimum absolute atomic E-state index is 0.0130. The normalized spacial score (nSPS) is 23.7. The number of hydrogen-bond donors (Lipinski definition) is 11. The lowest BCUT2D eigenvalue weighted by molar-refractivity contribution is -0.146. The molecule has 0 spiro atoms. The summed E-state index contributed by atoms with van der Waals surface area (Å²) in [6.45, 7) is 5.76. The first-order valence-corrected chi connectivity index (χ1v) is 36.6. The van der Waals surface area contributed by atoms with Crippen molar-refractivity contribution >= 4 is 111 Å². The second-order valence-corrected chi connectivity index (χ2v) is 28.6. The number of methoxy groups -OCH3 is 1. The van der Waals surface area contributed by atoms with Gasteiger partial charge in [0, 0.05) is 91.0 Å². The van der Waals surface area contributed by atoms with Crippen LogP contribution >= 0.6 is 23.5 Å². The smallest absolute Gasteiger partial charge is 0.305 e. The van der Waals surface area contributed by atoms with E-state index in [0.717, 1.165) is 11.1 Å². The molecule has 1 aromatic heterocycles. The van der Waals surface area contributed by atoms with Gasteiger partial charge in [-0.2, -0.15) is 23.5 Å². The Kier molecular flexibility index (Phi) is 27.4. The second kappa shape index (κ2) is 36.4. The van der Waals surface area contributed by atoms with E-state index in [2.05, 4.69) is 63.6 Å². The van der Waals surface area contributed by atoms with Crippen LogP contribution in [0.5, 0.6) is 5.75 Å². The van der Waals surface area contributed by atoms with E-state index in [0.29, 0.717) is 106 Å². The Morgan fingerprint density at radius 2 is 1.37 bits per heavy atom. The fourth-order valence-corrected chi connectivity index (χ4v) is 14.6. The van der Waals surface area contributed by atoms with Crippen molar-refractivity contribution in [3.8, 4) is 5.75 Å². The van der Waals surface area contributed by atoms with Gasteiger partial charge in [-0.05, 0) is 139 Å². The number of fused-ring (bicyclic) bond motifs is 5. The van der Waals surface area contributed by atoms with Crippen LogP contribution in [0.25, 0.3) is 16.5 Å². The van der Waals surface area contributed by atoms with E-state index in [4.69, 9.17) is 10.5 Å². The molecular weight excluding hydrogens is 1350 g/mol. The summed E-state index contributed by atoms with van der Waals surface area (Å²) in [5.41, 5.74) is 9.78. The molecule has 25 nitrogen and oxygen atoms in total. The lowest BCUT2D eigenvalue weighted by atomic mass is 9.95. The molecule has 29 heteroatoms. The lowest BCUT2D eigenvalue weighted by Gasteiger charge is -2.36. The molecule has 1 saturated heterocycles. The van der Waals surface area contributed by atoms with Gasteiger partial charge in [-0.25, -0.2) is 13.8 Å². The van der Waals surface area contributed by atoms with Gasteiger partial charge >= 0.3 is 5.97 Å². The van der Waals surface area contributed by atoms with Gasteiger partial charge < -0.3 is 68.0 Å². The summed E-state index contributed by atoms with van der Waals surface area (Å²) >= 11 is 3.14. The highest BCUT2D eigenvalue weighted by Gasteiger charge is 2.48. The van der Waals surface area contributed by atoms with Crippen LogP contribution < -0.4 is 53.0 Å². The Balaban J connectivity index is 1.06. The highest BCUT2D eigenvalue weighted by atomic mass is 32.2. The van der Waals surface area contributed by atoms with Gasteiger partial charge in [0.1, 0.15) is 71.6 Å². The van der Waals surface area contributed by atoms with Crippen molar-refractivity contribution in [2.75, 3.05) is 44.8 Å². The third-order valence-electron chi connectivity index (χ3n) is 18.5. The van der Waals surface area contributed by atoms with Crippen molar-refractivity contribution in [1.29, 1.82) is 0 Å². The number of nitrogens with two attached hydrogens (primary N) is 1. The summed E-state index contributed by atoms with van der Waals surface area (Å²) < 4.78 is 35.5. The van der Waals surface area contributed by atoms with Crippen molar-refractivity contribution in [1.82, 2.24) is 52.4 Å². The highest BCUT2D eigenvalue weighted by molar-refractivity contribution is 7.98. The van der Waals surface area contributed by atoms with Crippen molar-refractivity contribution < 1.29 is 66.6 Å². The fraction of sp³-hybridized carbons (Fsp3) is 0.452. The topological polar surface area (TPSA) is 366 Å². The standard InChI is InChI=1S/C73H89F2N13O12S2/c1-42(2)64-70(97)85-57(31-47-15-14-46-16-17-49(74)33-53(46)47)66(93)82-58(32-48-37-79-55-21-18-50(75)34-54(48)55)67(94)84-60(36-63(90)91)69(96)83-59(35-51-38-77-41-80-51)68(95)86-61(30-43-12-19-52(100-4)20-13-43)71(98)88-26-8-23-73(88,3)72(99)78-25-28-102-40-45-10-7-9-44(29-45)39-101-27-22-62(89)81-56(65(92)87-64)11-5-6-24-76/h7,9-10,12-13,15-21,29,33-34,37,41-42,56-61,64,79H,5-6,8,11,14,22-28,30-32,35-36,38-40,76H2,1-4H3,(H,78,99)(H,81,89)(H,82,93)(H,83,96)(H,84,94)(H,85,97)(H,86,95)(H,87,92)(H,90,91)/t56-,57-,58-,59-,60-,61-,64+,73-/m0/s1. The van der Waals surface area contributed by atoms with Gasteiger partial charge in [0.2, 0.25) is 53.2 Å². The molecule has 1 aliphatic carbocycles. The van der Waals surface area contributed by atoms with Crippen LogP contribution in [0.3, 0.4) is 0 Å². The first kappa shape index (κ1) is 76.7. The quantitative estimate of drug-likeness (QED) is 0.0588. The maximum atomic E-state index is 15.3. The van der Waals surface area contributed by atoms with Gasteiger partial charge in [-0.1, -0.05) is 62.4 Å². The molecule has 2 bridgehead atoms. The maximum absolute atomic E-state index is 15.3. The average molecular weight is 1440 g/mol. The monoisotopic (exact) mass is 1440 g/mol. The molecule has 4 heterocycles. The Morgan fingerprint density at radius 1 is 0.725 bits per heavy atom. The zero-order valence-electron chi connectivity index (χ0n) is 57.5. The number of carbonyl (C=O) groups excluding carboxylic acids is 9. The summed E-state index contributed by atoms with van der Waals surface area (Å²) in [4.78, 5) is 159. The zero-order valence-corrected chi connectivity index (χ0v) is 59.1. The summed E-state index contributed by atoms with van der Waals surface area (Å²) in [5, 5.41) is 32.8. The Morgan fingerprint density at radius 3 is 2.06 bits per heavy atom. The van der Waals surface area contributed by atoms with Gasteiger partial charge in [-0.3, -0.25) is 52.9 Å². The first-order chi connectivity index (χ1) is 49.0. The third kappa shape index (κ3) is 20.9. The summed E-state index contributed by atoms with van der Waals surface area (Å²) in [6.07, 6.45) is 4.54. The number of ether oxygens (including phenoxy) is 1. The molecule has 544 valence electrons. The highest BCUT2D eigenvalue weighted by Crippen LogP contribution is 2.33. The van der Waals surface area contributed by atoms with E-state index in [1.54, 1.807) is 68.9 Å². The molecule has 0 saturated carbocycles. The number of amides is 9. The molecule has 0 unspecified atom stereocenters. The van der Waals surface area contributed by atoms with Gasteiger partial charge in [0.15, 0.2) is 0 Å². The number of rotatable bonds is 16. The minimum atomic E-state index is -2.00. The van der Waals surface area contributed by atoms with E-state index in [9.17, 15) is 33.9 Å². The van der Waals surface area contributed by atoms with Gasteiger partial charge in [-0.15, -0.1) is 0 Å². The average Bonchev–Trinajstić information content (AvgIpc) is 1.58. The third-order valence-corrected chi connectivity index (χ3v) is 20.6. The number of carboxylic acids is 1. The van der Waals surface area contributed by atoms with Crippen LogP contribution in [-0.2, 0) is 78.7 Å². The number of aliphatic carboxylic acids is 1. The molecule has 1 fully saturated rings. The van der Waals surface area contributed by atoms with E-state index in [1.165, 1.54) is 66.6 Å². The predicted molar refractivity (Wildman–Crippen MR) is 386 cm³/mol. The molecule has 9 rings (SSSR count). The van der Waals surface area contributed by atoms with Crippen molar-refractivity contribution in [2.24, 2.45) is 21.6 Å². The van der Waals surface area contributed by atoms with Crippen LogP contribution in [0.2, 0.25) is 0 Å². The van der Waals surface area contributed by atoms with E-state index in [-0.39, 0.29) is 57.3 Å². The van der Waals surface area contributed by atoms with Crippen LogP contribution in [0.4, 0.5) is 8.78 Å². The molecule has 102 heavy (non-hydrogen) atoms. The molecule has 5 aromatic rings. The van der Waals surface area contributed by atoms with Crippen LogP contribution in [0.15, 0.2) is 107 Å². The number of aliphatic imine (C=N–C) groups is 2. The summed E-state index contributed by atoms with van der Waals surface area (Å²) in [6, 6.07) is 12.0. The molecule has 3 aliphatic heterocycles. The predicted octanol–water partition coefficient (Wildman–Crippen LogP) is 4.86. The molecule has 0 radical (unpaired) electrons. The number of H-pyrrole nitrogens is 1. The molecular formula is C73H89F2N13O12S2. The summed E-state index contributed by atoms with van der Waals surface area (Å²) in [5.74, 6) is -7.99. The van der Waals surface area contributed by atoms with Crippen LogP contribution in [0, 0.1) is 17.6 Å². The van der Waals surface area contributed by atoms with Gasteiger partial charge in [0.05, 0.1) is 20.1 Å². The fourth-order valence-electron chi connectivity index (χ4n) is 12.9. The molecule has 4 aliphatic rings. The number of allylic oxidation sites excluding steroid dienone is 1.